The fourth-order valence-corrected chi connectivity index (χ4v) is 2.36. The number of rotatable bonds is 7. The van der Waals surface area contributed by atoms with Gasteiger partial charge in [0.25, 0.3) is 0 Å². The maximum Gasteiger partial charge on any atom is 0.0244 e. The highest BCUT2D eigenvalue weighted by atomic mass is 15.2. The number of nitrogens with zero attached hydrogens (tertiary/aromatic N) is 1. The second-order valence-corrected chi connectivity index (χ2v) is 6.28. The molecule has 0 bridgehead atoms. The first kappa shape index (κ1) is 16.2. The molecule has 19 heavy (non-hydrogen) atoms. The Morgan fingerprint density at radius 1 is 1.05 bits per heavy atom. The molecule has 0 saturated heterocycles. The fourth-order valence-electron chi connectivity index (χ4n) is 2.36. The second kappa shape index (κ2) is 7.66. The van der Waals surface area contributed by atoms with Crippen molar-refractivity contribution >= 4 is 0 Å². The summed E-state index contributed by atoms with van der Waals surface area (Å²) >= 11 is 0. The second-order valence-electron chi connectivity index (χ2n) is 6.28. The van der Waals surface area contributed by atoms with Gasteiger partial charge in [0, 0.05) is 25.2 Å². The molecule has 0 amide bonds. The zero-order valence-electron chi connectivity index (χ0n) is 13.4. The van der Waals surface area contributed by atoms with Crippen molar-refractivity contribution in [1.29, 1.82) is 0 Å². The van der Waals surface area contributed by atoms with Crippen LogP contribution in [0.25, 0.3) is 0 Å². The predicted octanol–water partition coefficient (Wildman–Crippen LogP) is 3.45. The maximum atomic E-state index is 3.56. The Bertz CT molecular complexity index is 354. The summed E-state index contributed by atoms with van der Waals surface area (Å²) in [4.78, 5) is 2.46. The van der Waals surface area contributed by atoms with Crippen LogP contribution in [0.4, 0.5) is 0 Å². The Morgan fingerprint density at radius 2 is 1.63 bits per heavy atom. The van der Waals surface area contributed by atoms with Crippen LogP contribution in [0.15, 0.2) is 24.3 Å². The minimum Gasteiger partial charge on any atom is -0.313 e. The van der Waals surface area contributed by atoms with Crippen LogP contribution in [-0.4, -0.2) is 30.6 Å². The first-order valence-electron chi connectivity index (χ1n) is 7.39. The number of hydrogen-bond acceptors (Lipinski definition) is 2. The molecule has 0 heterocycles. The van der Waals surface area contributed by atoms with Crippen LogP contribution in [0.2, 0.25) is 0 Å². The molecule has 2 heteroatoms. The molecular weight excluding hydrogens is 232 g/mol. The molecule has 0 fully saturated rings. The van der Waals surface area contributed by atoms with E-state index in [1.165, 1.54) is 11.1 Å². The first-order chi connectivity index (χ1) is 8.90. The largest absolute Gasteiger partial charge is 0.313 e. The Hall–Kier alpha value is -0.860. The third kappa shape index (κ3) is 5.75. The molecule has 1 N–H and O–H groups in total. The molecule has 1 atom stereocenters. The molecule has 0 spiro atoms. The number of likely N-dealkylation sites (N-methyl/N-ethyl adjacent to an activating group) is 1. The lowest BCUT2D eigenvalue weighted by atomic mass is 10.0. The topological polar surface area (TPSA) is 15.3 Å². The van der Waals surface area contributed by atoms with Crippen molar-refractivity contribution < 1.29 is 0 Å². The van der Waals surface area contributed by atoms with Crippen LogP contribution in [0.5, 0.6) is 0 Å². The molecule has 0 radical (unpaired) electrons. The van der Waals surface area contributed by atoms with Crippen LogP contribution >= 0.6 is 0 Å². The molecular formula is C17H30N2. The molecule has 0 aromatic heterocycles. The molecule has 108 valence electrons. The summed E-state index contributed by atoms with van der Waals surface area (Å²) in [5.74, 6) is 0.654. The molecule has 0 aliphatic heterocycles. The van der Waals surface area contributed by atoms with E-state index in [1.54, 1.807) is 0 Å². The highest BCUT2D eigenvalue weighted by molar-refractivity contribution is 5.21. The van der Waals surface area contributed by atoms with E-state index in [-0.39, 0.29) is 0 Å². The molecule has 0 saturated carbocycles. The Labute approximate surface area is 119 Å². The number of nitrogens with one attached hydrogen (secondary N) is 1. The minimum atomic E-state index is 0.550. The quantitative estimate of drug-likeness (QED) is 0.809. The van der Waals surface area contributed by atoms with E-state index < -0.39 is 0 Å². The van der Waals surface area contributed by atoms with E-state index in [0.29, 0.717) is 18.0 Å². The zero-order chi connectivity index (χ0) is 14.4. The lowest BCUT2D eigenvalue weighted by Gasteiger charge is -2.32. The van der Waals surface area contributed by atoms with Crippen LogP contribution in [0.3, 0.4) is 0 Å². The van der Waals surface area contributed by atoms with Gasteiger partial charge in [0.1, 0.15) is 0 Å². The third-order valence-electron chi connectivity index (χ3n) is 3.62. The SMILES string of the molecule is Cc1ccc(CN(C)C(CNC(C)C)C(C)C)cc1. The molecule has 1 rings (SSSR count). The van der Waals surface area contributed by atoms with Gasteiger partial charge in [-0.05, 0) is 25.5 Å². The Balaban J connectivity index is 2.60. The van der Waals surface area contributed by atoms with Crippen molar-refractivity contribution in [3.8, 4) is 0 Å². The molecule has 2 nitrogen and oxygen atoms in total. The van der Waals surface area contributed by atoms with Crippen LogP contribution in [0.1, 0.15) is 38.8 Å². The van der Waals surface area contributed by atoms with Crippen molar-refractivity contribution in [2.24, 2.45) is 5.92 Å². The van der Waals surface area contributed by atoms with Gasteiger partial charge in [-0.2, -0.15) is 0 Å². The van der Waals surface area contributed by atoms with Gasteiger partial charge in [0.05, 0.1) is 0 Å². The van der Waals surface area contributed by atoms with Gasteiger partial charge in [0.2, 0.25) is 0 Å². The van der Waals surface area contributed by atoms with Crippen molar-refractivity contribution in [2.75, 3.05) is 13.6 Å². The first-order valence-corrected chi connectivity index (χ1v) is 7.39. The van der Waals surface area contributed by atoms with Gasteiger partial charge >= 0.3 is 0 Å². The summed E-state index contributed by atoms with van der Waals surface area (Å²) < 4.78 is 0. The van der Waals surface area contributed by atoms with E-state index in [1.807, 2.05) is 0 Å². The van der Waals surface area contributed by atoms with Crippen molar-refractivity contribution in [1.82, 2.24) is 10.2 Å². The lowest BCUT2D eigenvalue weighted by molar-refractivity contribution is 0.177. The van der Waals surface area contributed by atoms with E-state index in [0.717, 1.165) is 13.1 Å². The van der Waals surface area contributed by atoms with E-state index in [4.69, 9.17) is 0 Å². The Morgan fingerprint density at radius 3 is 2.11 bits per heavy atom. The highest BCUT2D eigenvalue weighted by Gasteiger charge is 2.18. The third-order valence-corrected chi connectivity index (χ3v) is 3.62. The van der Waals surface area contributed by atoms with Crippen molar-refractivity contribution in [3.05, 3.63) is 35.4 Å². The highest BCUT2D eigenvalue weighted by Crippen LogP contribution is 2.13. The molecule has 1 unspecified atom stereocenters. The van der Waals surface area contributed by atoms with Gasteiger partial charge in [0.15, 0.2) is 0 Å². The zero-order valence-corrected chi connectivity index (χ0v) is 13.4. The summed E-state index contributed by atoms with van der Waals surface area (Å²) in [6.07, 6.45) is 0. The average molecular weight is 262 g/mol. The number of aryl methyl sites for hydroxylation is 1. The summed E-state index contributed by atoms with van der Waals surface area (Å²) in [7, 11) is 2.23. The van der Waals surface area contributed by atoms with Gasteiger partial charge in [-0.25, -0.2) is 0 Å². The van der Waals surface area contributed by atoms with Crippen LogP contribution < -0.4 is 5.32 Å². The molecule has 1 aromatic rings. The lowest BCUT2D eigenvalue weighted by Crippen LogP contribution is -2.44. The number of benzene rings is 1. The standard InChI is InChI=1S/C17H30N2/c1-13(2)17(11-18-14(3)4)19(6)12-16-9-7-15(5)8-10-16/h7-10,13-14,17-18H,11-12H2,1-6H3. The van der Waals surface area contributed by atoms with Crippen LogP contribution in [0, 0.1) is 12.8 Å². The van der Waals surface area contributed by atoms with Crippen molar-refractivity contribution in [3.63, 3.8) is 0 Å². The Kier molecular flexibility index (Phi) is 6.53. The summed E-state index contributed by atoms with van der Waals surface area (Å²) in [5, 5.41) is 3.56. The van der Waals surface area contributed by atoms with E-state index >= 15 is 0 Å². The minimum absolute atomic E-state index is 0.550. The van der Waals surface area contributed by atoms with E-state index in [9.17, 15) is 0 Å². The summed E-state index contributed by atoms with van der Waals surface area (Å²) in [6.45, 7) is 13.2. The van der Waals surface area contributed by atoms with Crippen LogP contribution in [-0.2, 0) is 6.54 Å². The maximum absolute atomic E-state index is 3.56. The van der Waals surface area contributed by atoms with Gasteiger partial charge in [-0.15, -0.1) is 0 Å². The van der Waals surface area contributed by atoms with E-state index in [2.05, 4.69) is 76.1 Å². The predicted molar refractivity (Wildman–Crippen MR) is 84.4 cm³/mol. The molecule has 0 aliphatic rings. The molecule has 0 aliphatic carbocycles. The number of hydrogen-bond donors (Lipinski definition) is 1. The smallest absolute Gasteiger partial charge is 0.0244 e. The average Bonchev–Trinajstić information content (AvgIpc) is 2.31. The summed E-state index contributed by atoms with van der Waals surface area (Å²) in [5.41, 5.74) is 2.72. The summed E-state index contributed by atoms with van der Waals surface area (Å²) in [6, 6.07) is 9.98. The van der Waals surface area contributed by atoms with Gasteiger partial charge in [-0.1, -0.05) is 57.5 Å². The monoisotopic (exact) mass is 262 g/mol. The van der Waals surface area contributed by atoms with Crippen molar-refractivity contribution in [2.45, 2.75) is 53.2 Å². The normalized spacial score (nSPS) is 13.5. The van der Waals surface area contributed by atoms with Gasteiger partial charge < -0.3 is 5.32 Å². The van der Waals surface area contributed by atoms with Gasteiger partial charge in [-0.3, -0.25) is 4.90 Å². The molecule has 1 aromatic carbocycles. The fraction of sp³-hybridized carbons (Fsp3) is 0.647.